The molecule has 0 bridgehead atoms. The quantitative estimate of drug-likeness (QED) is 0.775. The number of imidazole rings is 1. The molecular weight excluding hydrogens is 234 g/mol. The van der Waals surface area contributed by atoms with Crippen molar-refractivity contribution in [2.75, 3.05) is 6.54 Å². The number of aromatic amines is 1. The Kier molecular flexibility index (Phi) is 4.74. The normalized spacial score (nSPS) is 11.2. The molecule has 2 rings (SSSR count). The zero-order chi connectivity index (χ0) is 13.7. The number of H-pyrrole nitrogens is 1. The second kappa shape index (κ2) is 6.53. The third-order valence-corrected chi connectivity index (χ3v) is 3.12. The fourth-order valence-corrected chi connectivity index (χ4v) is 2.14. The van der Waals surface area contributed by atoms with Gasteiger partial charge in [0, 0.05) is 11.3 Å². The average Bonchev–Trinajstić information content (AvgIpc) is 2.84. The van der Waals surface area contributed by atoms with E-state index in [9.17, 15) is 0 Å². The lowest BCUT2D eigenvalue weighted by atomic mass is 10.0. The third kappa shape index (κ3) is 3.44. The minimum atomic E-state index is 0.447. The molecule has 0 saturated carbocycles. The highest BCUT2D eigenvalue weighted by Crippen LogP contribution is 2.26. The second-order valence-corrected chi connectivity index (χ2v) is 5.14. The van der Waals surface area contributed by atoms with Gasteiger partial charge in [0.1, 0.15) is 5.82 Å². The highest BCUT2D eigenvalue weighted by Gasteiger charge is 2.14. The first kappa shape index (κ1) is 13.8. The van der Waals surface area contributed by atoms with Gasteiger partial charge in [-0.3, -0.25) is 0 Å². The Morgan fingerprint density at radius 1 is 1.21 bits per heavy atom. The van der Waals surface area contributed by atoms with Gasteiger partial charge in [0.2, 0.25) is 0 Å². The first-order valence-corrected chi connectivity index (χ1v) is 7.07. The van der Waals surface area contributed by atoms with Crippen LogP contribution in [0.4, 0.5) is 0 Å². The maximum Gasteiger partial charge on any atom is 0.121 e. The van der Waals surface area contributed by atoms with E-state index in [1.165, 1.54) is 11.3 Å². The van der Waals surface area contributed by atoms with Crippen molar-refractivity contribution in [2.24, 2.45) is 0 Å². The van der Waals surface area contributed by atoms with Gasteiger partial charge in [0.15, 0.2) is 0 Å². The zero-order valence-corrected chi connectivity index (χ0v) is 12.0. The molecular formula is C16H23N3. The SMILES string of the molecule is CCCNCc1nc(-c2ccccc2)c(C(C)C)[nH]1. The van der Waals surface area contributed by atoms with Crippen LogP contribution < -0.4 is 5.32 Å². The lowest BCUT2D eigenvalue weighted by Crippen LogP contribution is -2.14. The maximum absolute atomic E-state index is 4.76. The Balaban J connectivity index is 2.26. The molecule has 0 fully saturated rings. The summed E-state index contributed by atoms with van der Waals surface area (Å²) in [6.07, 6.45) is 1.14. The number of aromatic nitrogens is 2. The summed E-state index contributed by atoms with van der Waals surface area (Å²) in [6.45, 7) is 8.40. The van der Waals surface area contributed by atoms with Gasteiger partial charge in [-0.05, 0) is 18.9 Å². The molecule has 1 aromatic heterocycles. The van der Waals surface area contributed by atoms with E-state index in [1.54, 1.807) is 0 Å². The van der Waals surface area contributed by atoms with Gasteiger partial charge in [-0.1, -0.05) is 51.1 Å². The van der Waals surface area contributed by atoms with Crippen LogP contribution >= 0.6 is 0 Å². The summed E-state index contributed by atoms with van der Waals surface area (Å²) in [7, 11) is 0. The molecule has 1 aromatic carbocycles. The molecule has 0 radical (unpaired) electrons. The molecule has 0 saturated heterocycles. The van der Waals surface area contributed by atoms with Crippen LogP contribution in [0.25, 0.3) is 11.3 Å². The summed E-state index contributed by atoms with van der Waals surface area (Å²) in [4.78, 5) is 8.22. The molecule has 0 aliphatic rings. The Labute approximate surface area is 115 Å². The summed E-state index contributed by atoms with van der Waals surface area (Å²) in [5.74, 6) is 1.47. The van der Waals surface area contributed by atoms with Gasteiger partial charge >= 0.3 is 0 Å². The summed E-state index contributed by atoms with van der Waals surface area (Å²) < 4.78 is 0. The van der Waals surface area contributed by atoms with E-state index in [4.69, 9.17) is 4.98 Å². The third-order valence-electron chi connectivity index (χ3n) is 3.12. The van der Waals surface area contributed by atoms with Crippen molar-refractivity contribution < 1.29 is 0 Å². The molecule has 19 heavy (non-hydrogen) atoms. The first-order valence-electron chi connectivity index (χ1n) is 7.07. The first-order chi connectivity index (χ1) is 9.22. The van der Waals surface area contributed by atoms with Gasteiger partial charge in [0.25, 0.3) is 0 Å². The van der Waals surface area contributed by atoms with Crippen molar-refractivity contribution >= 4 is 0 Å². The van der Waals surface area contributed by atoms with E-state index < -0.39 is 0 Å². The van der Waals surface area contributed by atoms with E-state index in [0.717, 1.165) is 31.0 Å². The monoisotopic (exact) mass is 257 g/mol. The van der Waals surface area contributed by atoms with Gasteiger partial charge in [-0.25, -0.2) is 4.98 Å². The molecule has 3 heteroatoms. The highest BCUT2D eigenvalue weighted by atomic mass is 15.0. The minimum Gasteiger partial charge on any atom is -0.344 e. The van der Waals surface area contributed by atoms with Crippen LogP contribution in [-0.4, -0.2) is 16.5 Å². The second-order valence-electron chi connectivity index (χ2n) is 5.14. The number of benzene rings is 1. The Morgan fingerprint density at radius 2 is 1.95 bits per heavy atom. The van der Waals surface area contributed by atoms with Gasteiger partial charge < -0.3 is 10.3 Å². The van der Waals surface area contributed by atoms with E-state index in [2.05, 4.69) is 55.3 Å². The lowest BCUT2D eigenvalue weighted by Gasteiger charge is -2.05. The van der Waals surface area contributed by atoms with Crippen molar-refractivity contribution in [3.05, 3.63) is 41.9 Å². The molecule has 1 heterocycles. The molecule has 2 aromatic rings. The zero-order valence-electron chi connectivity index (χ0n) is 12.0. The van der Waals surface area contributed by atoms with Crippen LogP contribution in [0.2, 0.25) is 0 Å². The molecule has 0 aliphatic heterocycles. The van der Waals surface area contributed by atoms with Crippen molar-refractivity contribution in [3.63, 3.8) is 0 Å². The number of nitrogens with zero attached hydrogens (tertiary/aromatic N) is 1. The molecule has 0 atom stereocenters. The van der Waals surface area contributed by atoms with Crippen LogP contribution in [0, 0.1) is 0 Å². The standard InChI is InChI=1S/C16H23N3/c1-4-10-17-11-14-18-15(12(2)3)16(19-14)13-8-6-5-7-9-13/h5-9,12,17H,4,10-11H2,1-3H3,(H,18,19). The van der Waals surface area contributed by atoms with E-state index in [0.29, 0.717) is 5.92 Å². The fraction of sp³-hybridized carbons (Fsp3) is 0.438. The Hall–Kier alpha value is -1.61. The fourth-order valence-electron chi connectivity index (χ4n) is 2.14. The Bertz CT molecular complexity index is 500. The number of hydrogen-bond donors (Lipinski definition) is 2. The van der Waals surface area contributed by atoms with E-state index in [1.807, 2.05) is 6.07 Å². The predicted molar refractivity (Wildman–Crippen MR) is 80.1 cm³/mol. The molecule has 0 spiro atoms. The highest BCUT2D eigenvalue weighted by molar-refractivity contribution is 5.62. The number of nitrogens with one attached hydrogen (secondary N) is 2. The van der Waals surface area contributed by atoms with E-state index in [-0.39, 0.29) is 0 Å². The van der Waals surface area contributed by atoms with Gasteiger partial charge in [0.05, 0.1) is 12.2 Å². The summed E-state index contributed by atoms with van der Waals surface area (Å²) >= 11 is 0. The Morgan fingerprint density at radius 3 is 2.58 bits per heavy atom. The number of rotatable bonds is 6. The average molecular weight is 257 g/mol. The molecule has 0 unspecified atom stereocenters. The molecule has 0 amide bonds. The van der Waals surface area contributed by atoms with Crippen molar-refractivity contribution in [1.82, 2.24) is 15.3 Å². The maximum atomic E-state index is 4.76. The van der Waals surface area contributed by atoms with E-state index >= 15 is 0 Å². The summed E-state index contributed by atoms with van der Waals surface area (Å²) in [6, 6.07) is 10.4. The van der Waals surface area contributed by atoms with Crippen LogP contribution in [0.1, 0.15) is 44.6 Å². The molecule has 3 nitrogen and oxygen atoms in total. The predicted octanol–water partition coefficient (Wildman–Crippen LogP) is 3.70. The van der Waals surface area contributed by atoms with Crippen LogP contribution in [0.5, 0.6) is 0 Å². The molecule has 2 N–H and O–H groups in total. The topological polar surface area (TPSA) is 40.7 Å². The van der Waals surface area contributed by atoms with Crippen molar-refractivity contribution in [1.29, 1.82) is 0 Å². The lowest BCUT2D eigenvalue weighted by molar-refractivity contribution is 0.653. The van der Waals surface area contributed by atoms with Gasteiger partial charge in [-0.15, -0.1) is 0 Å². The smallest absolute Gasteiger partial charge is 0.121 e. The molecule has 102 valence electrons. The summed E-state index contributed by atoms with van der Waals surface area (Å²) in [5.41, 5.74) is 3.49. The van der Waals surface area contributed by atoms with Crippen molar-refractivity contribution in [2.45, 2.75) is 39.7 Å². The van der Waals surface area contributed by atoms with Gasteiger partial charge in [-0.2, -0.15) is 0 Å². The van der Waals surface area contributed by atoms with Crippen LogP contribution in [0.3, 0.4) is 0 Å². The summed E-state index contributed by atoms with van der Waals surface area (Å²) in [5, 5.41) is 3.39. The number of hydrogen-bond acceptors (Lipinski definition) is 2. The van der Waals surface area contributed by atoms with Crippen LogP contribution in [-0.2, 0) is 6.54 Å². The van der Waals surface area contributed by atoms with Crippen LogP contribution in [0.15, 0.2) is 30.3 Å². The molecule has 0 aliphatic carbocycles. The van der Waals surface area contributed by atoms with Crippen molar-refractivity contribution in [3.8, 4) is 11.3 Å². The largest absolute Gasteiger partial charge is 0.344 e. The minimum absolute atomic E-state index is 0.447.